The fourth-order valence-corrected chi connectivity index (χ4v) is 3.29. The van der Waals surface area contributed by atoms with Gasteiger partial charge in [0.05, 0.1) is 0 Å². The summed E-state index contributed by atoms with van der Waals surface area (Å²) in [6, 6.07) is 7.93. The van der Waals surface area contributed by atoms with Gasteiger partial charge in [-0.25, -0.2) is 9.98 Å². The molecule has 3 rings (SSSR count). The first-order chi connectivity index (χ1) is 12.5. The second-order valence-corrected chi connectivity index (χ2v) is 7.03. The van der Waals surface area contributed by atoms with Crippen LogP contribution in [0, 0.1) is 6.92 Å². The fourth-order valence-electron chi connectivity index (χ4n) is 3.10. The molecule has 1 aliphatic heterocycles. The summed E-state index contributed by atoms with van der Waals surface area (Å²) in [6.45, 7) is 4.18. The van der Waals surface area contributed by atoms with E-state index in [0.29, 0.717) is 23.3 Å². The summed E-state index contributed by atoms with van der Waals surface area (Å²) in [5.74, 6) is 1.54. The van der Waals surface area contributed by atoms with Gasteiger partial charge >= 0.3 is 0 Å². The van der Waals surface area contributed by atoms with Crippen LogP contribution in [0.3, 0.4) is 0 Å². The highest BCUT2D eigenvalue weighted by molar-refractivity contribution is 7.80. The van der Waals surface area contributed by atoms with Crippen molar-refractivity contribution in [2.24, 2.45) is 10.7 Å². The molecular weight excluding hydrogens is 344 g/mol. The van der Waals surface area contributed by atoms with E-state index in [1.807, 2.05) is 25.1 Å². The summed E-state index contributed by atoms with van der Waals surface area (Å²) >= 11 is 5.29. The molecular formula is C19H24N6S. The lowest BCUT2D eigenvalue weighted by atomic mass is 9.90. The number of thiocarbonyl (C=S) groups is 1. The largest absolute Gasteiger partial charge is 0.382 e. The van der Waals surface area contributed by atoms with Gasteiger partial charge in [0, 0.05) is 12.4 Å². The van der Waals surface area contributed by atoms with E-state index in [4.69, 9.17) is 18.0 Å². The molecule has 7 heteroatoms. The van der Waals surface area contributed by atoms with Gasteiger partial charge in [-0.1, -0.05) is 6.07 Å². The van der Waals surface area contributed by atoms with E-state index in [-0.39, 0.29) is 5.11 Å². The monoisotopic (exact) mass is 368 g/mol. The van der Waals surface area contributed by atoms with Gasteiger partial charge in [-0.15, -0.1) is 0 Å². The summed E-state index contributed by atoms with van der Waals surface area (Å²) in [6.07, 6.45) is 5.80. The molecule has 1 saturated heterocycles. The molecule has 0 unspecified atom stereocenters. The van der Waals surface area contributed by atoms with Crippen LogP contribution in [-0.2, 0) is 0 Å². The molecule has 0 bridgehead atoms. The first kappa shape index (κ1) is 18.4. The molecule has 0 saturated carbocycles. The van der Waals surface area contributed by atoms with Crippen molar-refractivity contribution >= 4 is 29.0 Å². The van der Waals surface area contributed by atoms with Gasteiger partial charge in [-0.05, 0) is 87.4 Å². The molecule has 6 nitrogen and oxygen atoms in total. The summed E-state index contributed by atoms with van der Waals surface area (Å²) in [4.78, 5) is 15.3. The molecule has 2 aromatic rings. The number of pyridine rings is 2. The number of aryl methyl sites for hydroxylation is 1. The molecule has 0 aromatic carbocycles. The van der Waals surface area contributed by atoms with Crippen LogP contribution >= 0.6 is 12.2 Å². The first-order valence-electron chi connectivity index (χ1n) is 8.74. The standard InChI is InChI=1S/C19H24N6S/c1-13-4-3-8-22-18(13)24-19(26)23-17(20)16-12-15(5-9-21-16)14-6-10-25(2)11-7-14/h3-5,8-9,12,14H,6-7,10-11H2,1-2H3,(H3,20,22,23,24,26). The van der Waals surface area contributed by atoms with E-state index in [0.717, 1.165) is 31.5 Å². The second-order valence-electron chi connectivity index (χ2n) is 6.65. The minimum atomic E-state index is 0.274. The molecule has 2 aromatic heterocycles. The van der Waals surface area contributed by atoms with Crippen LogP contribution in [0.4, 0.5) is 5.82 Å². The number of nitrogens with one attached hydrogen (secondary N) is 1. The number of aromatic nitrogens is 2. The van der Waals surface area contributed by atoms with Gasteiger partial charge in [0.2, 0.25) is 0 Å². The summed E-state index contributed by atoms with van der Waals surface area (Å²) in [7, 11) is 2.16. The van der Waals surface area contributed by atoms with Crippen molar-refractivity contribution < 1.29 is 0 Å². The Balaban J connectivity index is 1.71. The Bertz CT molecular complexity index is 811. The van der Waals surface area contributed by atoms with Gasteiger partial charge in [-0.2, -0.15) is 0 Å². The third-order valence-corrected chi connectivity index (χ3v) is 4.89. The molecule has 1 fully saturated rings. The Morgan fingerprint density at radius 1 is 1.27 bits per heavy atom. The lowest BCUT2D eigenvalue weighted by Gasteiger charge is -2.29. The lowest BCUT2D eigenvalue weighted by Crippen LogP contribution is -2.29. The predicted octanol–water partition coefficient (Wildman–Crippen LogP) is 2.70. The van der Waals surface area contributed by atoms with Gasteiger partial charge in [0.1, 0.15) is 11.5 Å². The van der Waals surface area contributed by atoms with E-state index in [1.165, 1.54) is 5.56 Å². The van der Waals surface area contributed by atoms with E-state index in [1.54, 1.807) is 12.4 Å². The number of nitrogens with zero attached hydrogens (tertiary/aromatic N) is 4. The Morgan fingerprint density at radius 2 is 2.04 bits per heavy atom. The van der Waals surface area contributed by atoms with Crippen LogP contribution in [0.15, 0.2) is 41.7 Å². The van der Waals surface area contributed by atoms with Crippen LogP contribution in [0.25, 0.3) is 0 Å². The van der Waals surface area contributed by atoms with Crippen molar-refractivity contribution in [2.75, 3.05) is 25.5 Å². The van der Waals surface area contributed by atoms with Crippen LogP contribution in [0.5, 0.6) is 0 Å². The quantitative estimate of drug-likeness (QED) is 0.493. The highest BCUT2D eigenvalue weighted by Crippen LogP contribution is 2.27. The molecule has 136 valence electrons. The number of likely N-dealkylation sites (tertiary alicyclic amines) is 1. The molecule has 3 heterocycles. The van der Waals surface area contributed by atoms with Gasteiger partial charge < -0.3 is 16.0 Å². The number of amidine groups is 1. The molecule has 26 heavy (non-hydrogen) atoms. The van der Waals surface area contributed by atoms with Crippen molar-refractivity contribution in [3.63, 3.8) is 0 Å². The molecule has 0 amide bonds. The number of hydrogen-bond acceptors (Lipinski definition) is 4. The predicted molar refractivity (Wildman–Crippen MR) is 110 cm³/mol. The van der Waals surface area contributed by atoms with Crippen molar-refractivity contribution in [2.45, 2.75) is 25.7 Å². The number of anilines is 1. The van der Waals surface area contributed by atoms with Crippen LogP contribution < -0.4 is 11.1 Å². The summed E-state index contributed by atoms with van der Waals surface area (Å²) in [5.41, 5.74) is 9.05. The Labute approximate surface area is 159 Å². The number of rotatable bonds is 3. The average Bonchev–Trinajstić information content (AvgIpc) is 2.64. The Hall–Kier alpha value is -2.38. The van der Waals surface area contributed by atoms with Gasteiger partial charge in [0.25, 0.3) is 0 Å². The van der Waals surface area contributed by atoms with Crippen molar-refractivity contribution in [1.29, 1.82) is 0 Å². The van der Waals surface area contributed by atoms with Crippen LogP contribution in [-0.4, -0.2) is 46.0 Å². The zero-order chi connectivity index (χ0) is 18.5. The lowest BCUT2D eigenvalue weighted by molar-refractivity contribution is 0.255. The van der Waals surface area contributed by atoms with Gasteiger partial charge in [-0.3, -0.25) is 4.98 Å². The highest BCUT2D eigenvalue weighted by atomic mass is 32.1. The number of piperidine rings is 1. The second kappa shape index (κ2) is 8.33. The molecule has 0 radical (unpaired) electrons. The maximum absolute atomic E-state index is 6.14. The van der Waals surface area contributed by atoms with Crippen molar-refractivity contribution in [1.82, 2.24) is 14.9 Å². The third kappa shape index (κ3) is 4.62. The zero-order valence-electron chi connectivity index (χ0n) is 15.1. The zero-order valence-corrected chi connectivity index (χ0v) is 16.0. The Morgan fingerprint density at radius 3 is 2.77 bits per heavy atom. The van der Waals surface area contributed by atoms with Crippen LogP contribution in [0.2, 0.25) is 0 Å². The minimum Gasteiger partial charge on any atom is -0.382 e. The fraction of sp³-hybridized carbons (Fsp3) is 0.368. The normalized spacial score (nSPS) is 16.5. The summed E-state index contributed by atoms with van der Waals surface area (Å²) < 4.78 is 0. The van der Waals surface area contributed by atoms with Gasteiger partial charge in [0.15, 0.2) is 10.9 Å². The van der Waals surface area contributed by atoms with E-state index in [2.05, 4.69) is 38.3 Å². The van der Waals surface area contributed by atoms with E-state index in [9.17, 15) is 0 Å². The smallest absolute Gasteiger partial charge is 0.200 e. The minimum absolute atomic E-state index is 0.274. The van der Waals surface area contributed by atoms with Crippen molar-refractivity contribution in [3.8, 4) is 0 Å². The number of nitrogens with two attached hydrogens (primary N) is 1. The number of hydrogen-bond donors (Lipinski definition) is 2. The van der Waals surface area contributed by atoms with Crippen LogP contribution in [0.1, 0.15) is 35.6 Å². The average molecular weight is 369 g/mol. The van der Waals surface area contributed by atoms with E-state index >= 15 is 0 Å². The molecule has 0 spiro atoms. The molecule has 1 aliphatic rings. The molecule has 0 aliphatic carbocycles. The highest BCUT2D eigenvalue weighted by Gasteiger charge is 2.19. The first-order valence-corrected chi connectivity index (χ1v) is 9.15. The maximum Gasteiger partial charge on any atom is 0.200 e. The van der Waals surface area contributed by atoms with Crippen molar-refractivity contribution in [3.05, 3.63) is 53.5 Å². The summed E-state index contributed by atoms with van der Waals surface area (Å²) in [5, 5.41) is 3.29. The Kier molecular flexibility index (Phi) is 5.90. The molecule has 3 N–H and O–H groups in total. The topological polar surface area (TPSA) is 79.4 Å². The molecule has 0 atom stereocenters. The maximum atomic E-state index is 6.14. The van der Waals surface area contributed by atoms with E-state index < -0.39 is 0 Å². The number of aliphatic imine (C=N–C) groups is 1. The SMILES string of the molecule is Cc1cccnc1NC(=S)N=C(N)c1cc(C2CCN(C)CC2)ccn1. The third-order valence-electron chi connectivity index (χ3n) is 4.69.